The van der Waals surface area contributed by atoms with Gasteiger partial charge >= 0.3 is 0 Å². The van der Waals surface area contributed by atoms with Gasteiger partial charge in [0.25, 0.3) is 11.6 Å². The molecule has 0 bridgehead atoms. The first-order valence-electron chi connectivity index (χ1n) is 9.02. The maximum Gasteiger partial charge on any atom is 0.269 e. The van der Waals surface area contributed by atoms with E-state index in [4.69, 9.17) is 0 Å². The molecule has 28 heavy (non-hydrogen) atoms. The zero-order valence-corrected chi connectivity index (χ0v) is 16.4. The van der Waals surface area contributed by atoms with Crippen molar-refractivity contribution in [3.05, 3.63) is 56.8 Å². The summed E-state index contributed by atoms with van der Waals surface area (Å²) in [5.41, 5.74) is 0.616. The van der Waals surface area contributed by atoms with Crippen molar-refractivity contribution in [1.29, 1.82) is 0 Å². The molecule has 1 N–H and O–H groups in total. The van der Waals surface area contributed by atoms with Gasteiger partial charge in [-0.15, -0.1) is 11.3 Å². The molecule has 1 aliphatic rings. The number of nitro benzene ring substituents is 1. The molecule has 148 valence electrons. The fraction of sp³-hybridized carbons (Fsp3) is 0.368. The molecule has 1 aromatic heterocycles. The molecule has 0 atom stereocenters. The smallest absolute Gasteiger partial charge is 0.269 e. The highest BCUT2D eigenvalue weighted by Crippen LogP contribution is 2.19. The number of amides is 2. The Kier molecular flexibility index (Phi) is 6.37. The number of likely N-dealkylation sites (tertiary alicyclic amines) is 1. The molecule has 0 unspecified atom stereocenters. The zero-order valence-electron chi connectivity index (χ0n) is 15.5. The number of rotatable bonds is 6. The average molecular weight is 402 g/mol. The van der Waals surface area contributed by atoms with Gasteiger partial charge in [0.15, 0.2) is 0 Å². The van der Waals surface area contributed by atoms with Crippen molar-refractivity contribution in [2.75, 3.05) is 31.6 Å². The average Bonchev–Trinajstić information content (AvgIpc) is 3.24. The second-order valence-corrected chi connectivity index (χ2v) is 7.68. The molecule has 1 saturated heterocycles. The summed E-state index contributed by atoms with van der Waals surface area (Å²) in [5, 5.41) is 15.7. The maximum absolute atomic E-state index is 12.5. The van der Waals surface area contributed by atoms with Gasteiger partial charge in [-0.05, 0) is 36.4 Å². The van der Waals surface area contributed by atoms with E-state index in [1.165, 1.54) is 28.4 Å². The molecule has 3 rings (SSSR count). The molecular weight excluding hydrogens is 380 g/mol. The minimum absolute atomic E-state index is 0.00346. The summed E-state index contributed by atoms with van der Waals surface area (Å²) < 4.78 is 0. The van der Waals surface area contributed by atoms with Gasteiger partial charge in [0.05, 0.1) is 16.3 Å². The van der Waals surface area contributed by atoms with Crippen LogP contribution in [0.3, 0.4) is 0 Å². The van der Waals surface area contributed by atoms with Gasteiger partial charge in [0, 0.05) is 44.0 Å². The number of hydrogen-bond acceptors (Lipinski definition) is 6. The van der Waals surface area contributed by atoms with Crippen LogP contribution in [-0.2, 0) is 4.79 Å². The summed E-state index contributed by atoms with van der Waals surface area (Å²) >= 11 is 1.42. The van der Waals surface area contributed by atoms with E-state index in [1.807, 2.05) is 17.5 Å². The highest BCUT2D eigenvalue weighted by molar-refractivity contribution is 7.12. The third-order valence-electron chi connectivity index (χ3n) is 4.85. The molecule has 2 aromatic rings. The van der Waals surface area contributed by atoms with Gasteiger partial charge in [-0.25, -0.2) is 0 Å². The Labute approximate surface area is 166 Å². The highest BCUT2D eigenvalue weighted by Gasteiger charge is 2.24. The molecule has 0 spiro atoms. The van der Waals surface area contributed by atoms with Crippen LogP contribution in [0.25, 0.3) is 0 Å². The second-order valence-electron chi connectivity index (χ2n) is 6.73. The number of thiophene rings is 1. The molecule has 2 heterocycles. The van der Waals surface area contributed by atoms with Crippen LogP contribution in [0, 0.1) is 10.1 Å². The Bertz CT molecular complexity index is 830. The third kappa shape index (κ3) is 4.93. The predicted octanol–water partition coefficient (Wildman–Crippen LogP) is 2.51. The van der Waals surface area contributed by atoms with Crippen molar-refractivity contribution in [1.82, 2.24) is 10.2 Å². The van der Waals surface area contributed by atoms with Gasteiger partial charge in [-0.2, -0.15) is 0 Å². The number of nitrogens with one attached hydrogen (secondary N) is 1. The van der Waals surface area contributed by atoms with Crippen LogP contribution in [0.5, 0.6) is 0 Å². The van der Waals surface area contributed by atoms with E-state index >= 15 is 0 Å². The molecule has 1 aliphatic heterocycles. The molecular formula is C19H22N4O4S. The largest absolute Gasteiger partial charge is 0.349 e. The van der Waals surface area contributed by atoms with Crippen LogP contribution in [0.2, 0.25) is 0 Å². The number of non-ortho nitro benzene ring substituents is 1. The molecule has 1 aromatic carbocycles. The Morgan fingerprint density at radius 3 is 2.50 bits per heavy atom. The standard InChI is InChI=1S/C19H22N4O4S/c1-21(15-4-6-16(7-5-15)23(26)27)18(24)13-22-10-8-14(9-11-22)20-19(25)17-3-2-12-28-17/h2-7,12,14H,8-11,13H2,1H3,(H,20,25). The van der Waals surface area contributed by atoms with Gasteiger partial charge in [-0.1, -0.05) is 6.07 Å². The van der Waals surface area contributed by atoms with Gasteiger partial charge < -0.3 is 10.2 Å². The van der Waals surface area contributed by atoms with Gasteiger partial charge in [0.1, 0.15) is 0 Å². The number of benzene rings is 1. The second kappa shape index (κ2) is 8.94. The van der Waals surface area contributed by atoms with Gasteiger partial charge in [-0.3, -0.25) is 24.6 Å². The van der Waals surface area contributed by atoms with E-state index < -0.39 is 4.92 Å². The minimum Gasteiger partial charge on any atom is -0.349 e. The lowest BCUT2D eigenvalue weighted by Crippen LogP contribution is -2.47. The quantitative estimate of drug-likeness (QED) is 0.592. The number of nitro groups is 1. The van der Waals surface area contributed by atoms with E-state index in [0.29, 0.717) is 10.6 Å². The van der Waals surface area contributed by atoms with Crippen molar-refractivity contribution in [2.45, 2.75) is 18.9 Å². The van der Waals surface area contributed by atoms with E-state index in [0.717, 1.165) is 25.9 Å². The molecule has 0 aliphatic carbocycles. The lowest BCUT2D eigenvalue weighted by Gasteiger charge is -2.32. The van der Waals surface area contributed by atoms with Crippen molar-refractivity contribution < 1.29 is 14.5 Å². The van der Waals surface area contributed by atoms with Crippen molar-refractivity contribution in [2.24, 2.45) is 0 Å². The predicted molar refractivity (Wildman–Crippen MR) is 108 cm³/mol. The Morgan fingerprint density at radius 1 is 1.25 bits per heavy atom. The summed E-state index contributed by atoms with van der Waals surface area (Å²) in [6.45, 7) is 1.74. The molecule has 0 radical (unpaired) electrons. The van der Waals surface area contributed by atoms with Crippen LogP contribution < -0.4 is 10.2 Å². The number of likely N-dealkylation sites (N-methyl/N-ethyl adjacent to an activating group) is 1. The lowest BCUT2D eigenvalue weighted by atomic mass is 10.0. The number of piperidine rings is 1. The van der Waals surface area contributed by atoms with E-state index in [9.17, 15) is 19.7 Å². The number of carbonyl (C=O) groups is 2. The van der Waals surface area contributed by atoms with Crippen LogP contribution in [-0.4, -0.2) is 54.4 Å². The van der Waals surface area contributed by atoms with Crippen molar-refractivity contribution >= 4 is 34.5 Å². The molecule has 9 heteroatoms. The highest BCUT2D eigenvalue weighted by atomic mass is 32.1. The van der Waals surface area contributed by atoms with Crippen LogP contribution in [0.15, 0.2) is 41.8 Å². The number of anilines is 1. The minimum atomic E-state index is -0.465. The van der Waals surface area contributed by atoms with Gasteiger partial charge in [0.2, 0.25) is 5.91 Å². The van der Waals surface area contributed by atoms with E-state index in [1.54, 1.807) is 19.2 Å². The Morgan fingerprint density at radius 2 is 1.93 bits per heavy atom. The topological polar surface area (TPSA) is 95.8 Å². The summed E-state index contributed by atoms with van der Waals surface area (Å²) in [5.74, 6) is -0.114. The van der Waals surface area contributed by atoms with Crippen molar-refractivity contribution in [3.63, 3.8) is 0 Å². The first kappa shape index (κ1) is 20.0. The monoisotopic (exact) mass is 402 g/mol. The fourth-order valence-corrected chi connectivity index (χ4v) is 3.77. The van der Waals surface area contributed by atoms with E-state index in [-0.39, 0.29) is 30.1 Å². The lowest BCUT2D eigenvalue weighted by molar-refractivity contribution is -0.384. The molecule has 0 saturated carbocycles. The molecule has 1 fully saturated rings. The number of carbonyl (C=O) groups excluding carboxylic acids is 2. The Hall–Kier alpha value is -2.78. The van der Waals surface area contributed by atoms with Crippen molar-refractivity contribution in [3.8, 4) is 0 Å². The normalized spacial score (nSPS) is 15.2. The van der Waals surface area contributed by atoms with Crippen LogP contribution >= 0.6 is 11.3 Å². The number of nitrogens with zero attached hydrogens (tertiary/aromatic N) is 3. The van der Waals surface area contributed by atoms with E-state index in [2.05, 4.69) is 10.2 Å². The third-order valence-corrected chi connectivity index (χ3v) is 5.72. The summed E-state index contributed by atoms with van der Waals surface area (Å²) in [4.78, 5) is 39.2. The summed E-state index contributed by atoms with van der Waals surface area (Å²) in [7, 11) is 1.66. The molecule has 2 amide bonds. The summed E-state index contributed by atoms with van der Waals surface area (Å²) in [6, 6.07) is 9.71. The number of hydrogen-bond donors (Lipinski definition) is 1. The molecule has 8 nitrogen and oxygen atoms in total. The summed E-state index contributed by atoms with van der Waals surface area (Å²) in [6.07, 6.45) is 1.59. The van der Waals surface area contributed by atoms with Crippen LogP contribution in [0.4, 0.5) is 11.4 Å². The Balaban J connectivity index is 1.46. The maximum atomic E-state index is 12.5. The SMILES string of the molecule is CN(C(=O)CN1CCC(NC(=O)c2cccs2)CC1)c1ccc([N+](=O)[O-])cc1. The first-order valence-corrected chi connectivity index (χ1v) is 9.90. The first-order chi connectivity index (χ1) is 13.4. The van der Waals surface area contributed by atoms with Crippen LogP contribution in [0.1, 0.15) is 22.5 Å². The fourth-order valence-electron chi connectivity index (χ4n) is 3.14. The zero-order chi connectivity index (χ0) is 20.1.